The molecule has 19 heavy (non-hydrogen) atoms. The van der Waals surface area contributed by atoms with Gasteiger partial charge >= 0.3 is 6.03 Å². The Labute approximate surface area is 112 Å². The van der Waals surface area contributed by atoms with E-state index in [0.717, 1.165) is 24.1 Å². The summed E-state index contributed by atoms with van der Waals surface area (Å²) in [7, 11) is 0. The second-order valence-corrected chi connectivity index (χ2v) is 5.44. The number of hydrogen-bond donors (Lipinski definition) is 3. The van der Waals surface area contributed by atoms with Gasteiger partial charge < -0.3 is 20.5 Å². The molecule has 0 saturated heterocycles. The summed E-state index contributed by atoms with van der Waals surface area (Å²) < 4.78 is 5.33. The molecule has 2 aliphatic rings. The Morgan fingerprint density at radius 1 is 1.32 bits per heavy atom. The van der Waals surface area contributed by atoms with Crippen LogP contribution in [0.4, 0.5) is 10.5 Å². The number of fused-ring (bicyclic) bond motifs is 1. The minimum atomic E-state index is -0.224. The number of urea groups is 1. The summed E-state index contributed by atoms with van der Waals surface area (Å²) in [5.41, 5.74) is 3.02. The molecule has 0 atom stereocenters. The molecule has 3 rings (SSSR count). The summed E-state index contributed by atoms with van der Waals surface area (Å²) in [6.45, 7) is 1.94. The smallest absolute Gasteiger partial charge is 0.319 e. The van der Waals surface area contributed by atoms with Crippen LogP contribution in [0.3, 0.4) is 0 Å². The van der Waals surface area contributed by atoms with Crippen LogP contribution in [0.2, 0.25) is 0 Å². The van der Waals surface area contributed by atoms with Crippen LogP contribution in [0, 0.1) is 5.41 Å². The van der Waals surface area contributed by atoms with Crippen molar-refractivity contribution in [3.63, 3.8) is 0 Å². The Morgan fingerprint density at radius 2 is 2.11 bits per heavy atom. The number of carbonyl (C=O) groups excluding carboxylic acids is 1. The van der Waals surface area contributed by atoms with Crippen LogP contribution in [-0.4, -0.2) is 24.3 Å². The maximum absolute atomic E-state index is 11.8. The molecular formula is C14H18N2O3. The largest absolute Gasteiger partial charge is 0.396 e. The Kier molecular flexibility index (Phi) is 3.16. The topological polar surface area (TPSA) is 70.6 Å². The highest BCUT2D eigenvalue weighted by molar-refractivity contribution is 5.89. The van der Waals surface area contributed by atoms with Crippen molar-refractivity contribution in [2.45, 2.75) is 26.1 Å². The predicted molar refractivity (Wildman–Crippen MR) is 70.7 cm³/mol. The predicted octanol–water partition coefficient (Wildman–Crippen LogP) is 1.61. The molecule has 3 N–H and O–H groups in total. The van der Waals surface area contributed by atoms with Gasteiger partial charge in [-0.1, -0.05) is 6.07 Å². The lowest BCUT2D eigenvalue weighted by Gasteiger charge is -2.13. The molecule has 0 aromatic heterocycles. The highest BCUT2D eigenvalue weighted by Crippen LogP contribution is 2.44. The van der Waals surface area contributed by atoms with Gasteiger partial charge in [0.05, 0.1) is 19.8 Å². The summed E-state index contributed by atoms with van der Waals surface area (Å²) in [5.74, 6) is 0. The third-order valence-electron chi connectivity index (χ3n) is 3.90. The Balaban J connectivity index is 1.54. The van der Waals surface area contributed by atoms with E-state index >= 15 is 0 Å². The van der Waals surface area contributed by atoms with Crippen molar-refractivity contribution in [2.75, 3.05) is 18.5 Å². The van der Waals surface area contributed by atoms with Crippen LogP contribution in [0.15, 0.2) is 18.2 Å². The zero-order valence-electron chi connectivity index (χ0n) is 10.7. The number of aliphatic hydroxyl groups is 1. The summed E-state index contributed by atoms with van der Waals surface area (Å²) >= 11 is 0. The molecule has 0 unspecified atom stereocenters. The van der Waals surface area contributed by atoms with E-state index in [1.807, 2.05) is 18.2 Å². The lowest BCUT2D eigenvalue weighted by atomic mass is 10.1. The Morgan fingerprint density at radius 3 is 2.84 bits per heavy atom. The van der Waals surface area contributed by atoms with E-state index in [2.05, 4.69) is 10.6 Å². The number of rotatable bonds is 4. The van der Waals surface area contributed by atoms with Crippen molar-refractivity contribution in [2.24, 2.45) is 5.41 Å². The third-order valence-corrected chi connectivity index (χ3v) is 3.90. The first-order valence-corrected chi connectivity index (χ1v) is 6.56. The van der Waals surface area contributed by atoms with Crippen molar-refractivity contribution in [3.05, 3.63) is 29.3 Å². The van der Waals surface area contributed by atoms with Crippen LogP contribution in [0.1, 0.15) is 24.0 Å². The van der Waals surface area contributed by atoms with Crippen LogP contribution in [-0.2, 0) is 18.0 Å². The number of amides is 2. The molecule has 1 aliphatic carbocycles. The van der Waals surface area contributed by atoms with E-state index in [1.54, 1.807) is 0 Å². The molecule has 1 aromatic rings. The van der Waals surface area contributed by atoms with Crippen molar-refractivity contribution >= 4 is 11.7 Å². The molecule has 102 valence electrons. The van der Waals surface area contributed by atoms with Gasteiger partial charge in [0.15, 0.2) is 0 Å². The van der Waals surface area contributed by atoms with Gasteiger partial charge in [0.1, 0.15) is 0 Å². The number of nitrogens with one attached hydrogen (secondary N) is 2. The van der Waals surface area contributed by atoms with E-state index < -0.39 is 0 Å². The number of carbonyl (C=O) groups is 1. The van der Waals surface area contributed by atoms with Crippen molar-refractivity contribution in [1.82, 2.24) is 5.32 Å². The van der Waals surface area contributed by atoms with E-state index in [0.29, 0.717) is 19.8 Å². The van der Waals surface area contributed by atoms with Crippen LogP contribution in [0.5, 0.6) is 0 Å². The van der Waals surface area contributed by atoms with Gasteiger partial charge in [-0.25, -0.2) is 4.79 Å². The Bertz CT molecular complexity index is 497. The van der Waals surface area contributed by atoms with Gasteiger partial charge in [-0.3, -0.25) is 0 Å². The van der Waals surface area contributed by atoms with Gasteiger partial charge in [-0.15, -0.1) is 0 Å². The maximum atomic E-state index is 11.8. The van der Waals surface area contributed by atoms with Crippen LogP contribution in [0.25, 0.3) is 0 Å². The van der Waals surface area contributed by atoms with Crippen LogP contribution >= 0.6 is 0 Å². The van der Waals surface area contributed by atoms with Gasteiger partial charge in [-0.05, 0) is 36.1 Å². The molecule has 1 aliphatic heterocycles. The SMILES string of the molecule is O=C(NCC1(CO)CC1)Nc1ccc2c(c1)COC2. The zero-order chi connectivity index (χ0) is 13.3. The van der Waals surface area contributed by atoms with Crippen molar-refractivity contribution < 1.29 is 14.6 Å². The maximum Gasteiger partial charge on any atom is 0.319 e. The lowest BCUT2D eigenvalue weighted by Crippen LogP contribution is -2.35. The van der Waals surface area contributed by atoms with Crippen molar-refractivity contribution in [1.29, 1.82) is 0 Å². The summed E-state index contributed by atoms with van der Waals surface area (Å²) in [6.07, 6.45) is 1.97. The molecule has 5 heteroatoms. The Hall–Kier alpha value is -1.59. The monoisotopic (exact) mass is 262 g/mol. The quantitative estimate of drug-likeness (QED) is 0.772. The normalized spacial score (nSPS) is 18.8. The molecule has 0 spiro atoms. The number of ether oxygens (including phenoxy) is 1. The molecule has 1 saturated carbocycles. The summed E-state index contributed by atoms with van der Waals surface area (Å²) in [5, 5.41) is 14.8. The lowest BCUT2D eigenvalue weighted by molar-refractivity contribution is 0.134. The molecule has 2 amide bonds. The fourth-order valence-electron chi connectivity index (χ4n) is 2.26. The van der Waals surface area contributed by atoms with E-state index in [1.165, 1.54) is 5.56 Å². The molecule has 1 aromatic carbocycles. The van der Waals surface area contributed by atoms with Gasteiger partial charge in [0.25, 0.3) is 0 Å². The fourth-order valence-corrected chi connectivity index (χ4v) is 2.26. The second-order valence-electron chi connectivity index (χ2n) is 5.44. The van der Waals surface area contributed by atoms with Crippen molar-refractivity contribution in [3.8, 4) is 0 Å². The molecule has 5 nitrogen and oxygen atoms in total. The average Bonchev–Trinajstić information content (AvgIpc) is 3.06. The summed E-state index contributed by atoms with van der Waals surface area (Å²) in [6, 6.07) is 5.58. The highest BCUT2D eigenvalue weighted by Gasteiger charge is 2.42. The van der Waals surface area contributed by atoms with E-state index in [9.17, 15) is 9.90 Å². The van der Waals surface area contributed by atoms with Crippen LogP contribution < -0.4 is 10.6 Å². The molecule has 1 fully saturated rings. The zero-order valence-corrected chi connectivity index (χ0v) is 10.7. The third kappa shape index (κ3) is 2.72. The fraction of sp³-hybridized carbons (Fsp3) is 0.500. The minimum absolute atomic E-state index is 0.0664. The summed E-state index contributed by atoms with van der Waals surface area (Å²) in [4.78, 5) is 11.8. The van der Waals surface area contributed by atoms with E-state index in [4.69, 9.17) is 4.74 Å². The van der Waals surface area contributed by atoms with Gasteiger partial charge in [0, 0.05) is 17.6 Å². The minimum Gasteiger partial charge on any atom is -0.396 e. The van der Waals surface area contributed by atoms with Gasteiger partial charge in [0.2, 0.25) is 0 Å². The highest BCUT2D eigenvalue weighted by atomic mass is 16.5. The molecule has 0 radical (unpaired) electrons. The molecular weight excluding hydrogens is 244 g/mol. The van der Waals surface area contributed by atoms with E-state index in [-0.39, 0.29) is 18.1 Å². The first kappa shape index (κ1) is 12.4. The standard InChI is InChI=1S/C14H18N2O3/c17-9-14(3-4-14)8-15-13(18)16-12-2-1-10-6-19-7-11(10)5-12/h1-2,5,17H,3-4,6-9H2,(H2,15,16,18). The molecule has 1 heterocycles. The number of benzene rings is 1. The van der Waals surface area contributed by atoms with Gasteiger partial charge in [-0.2, -0.15) is 0 Å². The second kappa shape index (κ2) is 4.83. The first-order valence-electron chi connectivity index (χ1n) is 6.56. The number of anilines is 1. The average molecular weight is 262 g/mol. The number of hydrogen-bond acceptors (Lipinski definition) is 3. The number of aliphatic hydroxyl groups excluding tert-OH is 1. The first-order chi connectivity index (χ1) is 9.21. The molecule has 0 bridgehead atoms.